The molecule has 0 fully saturated rings. The van der Waals surface area contributed by atoms with E-state index < -0.39 is 10.1 Å². The summed E-state index contributed by atoms with van der Waals surface area (Å²) in [4.78, 5) is 0. The zero-order valence-electron chi connectivity index (χ0n) is 8.09. The number of benzene rings is 1. The molecule has 5 nitrogen and oxygen atoms in total. The first-order valence-corrected chi connectivity index (χ1v) is 6.02. The van der Waals surface area contributed by atoms with Gasteiger partial charge < -0.3 is 10.5 Å². The molecule has 0 aromatic heterocycles. The number of nitrogen functional groups attached to an aromatic ring is 1. The second-order valence-electron chi connectivity index (χ2n) is 3.03. The fourth-order valence-electron chi connectivity index (χ4n) is 1.04. The third kappa shape index (κ3) is 6.34. The molecule has 0 aliphatic heterocycles. The number of rotatable bonds is 5. The maximum atomic E-state index is 10.4. The molecule has 0 spiro atoms. The monoisotopic (exact) mass is 255 g/mol. The van der Waals surface area contributed by atoms with Gasteiger partial charge in [-0.05, 0) is 18.6 Å². The second kappa shape index (κ2) is 7.13. The molecule has 0 heterocycles. The molecule has 0 radical (unpaired) electrons. The van der Waals surface area contributed by atoms with Crippen LogP contribution in [0.1, 0.15) is 6.42 Å². The van der Waals surface area contributed by atoms with Gasteiger partial charge >= 0.3 is 29.6 Å². The molecule has 0 atom stereocenters. The summed E-state index contributed by atoms with van der Waals surface area (Å²) in [5, 5.41) is 0. The minimum atomic E-state index is -3.90. The van der Waals surface area contributed by atoms with Crippen molar-refractivity contribution in [2.45, 2.75) is 6.42 Å². The Labute approximate surface area is 117 Å². The van der Waals surface area contributed by atoms with Crippen LogP contribution < -0.4 is 10.5 Å². The van der Waals surface area contributed by atoms with Crippen LogP contribution in [0.15, 0.2) is 24.3 Å². The van der Waals surface area contributed by atoms with Crippen molar-refractivity contribution in [3.8, 4) is 5.75 Å². The van der Waals surface area contributed by atoms with Crippen LogP contribution in [0.3, 0.4) is 0 Å². The van der Waals surface area contributed by atoms with E-state index in [1.807, 2.05) is 0 Å². The summed E-state index contributed by atoms with van der Waals surface area (Å²) in [6, 6.07) is 6.94. The van der Waals surface area contributed by atoms with E-state index in [9.17, 15) is 8.42 Å². The van der Waals surface area contributed by atoms with Crippen molar-refractivity contribution >= 4 is 45.4 Å². The molecule has 0 unspecified atom stereocenters. The Bertz CT molecular complexity index is 421. The number of hydrogen-bond acceptors (Lipinski definition) is 4. The van der Waals surface area contributed by atoms with E-state index in [0.29, 0.717) is 11.4 Å². The SMILES string of the molecule is Nc1ccccc1OCCCS(=O)(=O)O.[NaH]. The molecule has 0 saturated carbocycles. The number of ether oxygens (including phenoxy) is 1. The van der Waals surface area contributed by atoms with Gasteiger partial charge in [0.25, 0.3) is 10.1 Å². The summed E-state index contributed by atoms with van der Waals surface area (Å²) >= 11 is 0. The van der Waals surface area contributed by atoms with E-state index in [2.05, 4.69) is 0 Å². The molecule has 16 heavy (non-hydrogen) atoms. The Morgan fingerprint density at radius 1 is 1.31 bits per heavy atom. The van der Waals surface area contributed by atoms with E-state index >= 15 is 0 Å². The van der Waals surface area contributed by atoms with Gasteiger partial charge in [0, 0.05) is 0 Å². The second-order valence-corrected chi connectivity index (χ2v) is 4.60. The quantitative estimate of drug-likeness (QED) is 0.341. The summed E-state index contributed by atoms with van der Waals surface area (Å²) in [7, 11) is -3.90. The van der Waals surface area contributed by atoms with Crippen molar-refractivity contribution in [1.82, 2.24) is 0 Å². The number of nitrogens with two attached hydrogens (primary N) is 1. The third-order valence-electron chi connectivity index (χ3n) is 1.72. The van der Waals surface area contributed by atoms with E-state index in [1.54, 1.807) is 24.3 Å². The number of anilines is 1. The van der Waals surface area contributed by atoms with E-state index in [0.717, 1.165) is 0 Å². The minimum absolute atomic E-state index is 0. The van der Waals surface area contributed by atoms with Crippen molar-refractivity contribution in [3.05, 3.63) is 24.3 Å². The Balaban J connectivity index is 0.00000225. The van der Waals surface area contributed by atoms with E-state index in [-0.39, 0.29) is 48.3 Å². The number of para-hydroxylation sites is 2. The molecule has 3 N–H and O–H groups in total. The third-order valence-corrected chi connectivity index (χ3v) is 2.53. The Morgan fingerprint density at radius 2 is 1.94 bits per heavy atom. The van der Waals surface area contributed by atoms with Crippen LogP contribution >= 0.6 is 0 Å². The van der Waals surface area contributed by atoms with E-state index in [1.165, 1.54) is 0 Å². The first-order chi connectivity index (χ1) is 6.99. The topological polar surface area (TPSA) is 89.6 Å². The zero-order chi connectivity index (χ0) is 11.3. The van der Waals surface area contributed by atoms with Crippen LogP contribution in [-0.4, -0.2) is 54.9 Å². The van der Waals surface area contributed by atoms with Crippen LogP contribution in [0.5, 0.6) is 5.75 Å². The fraction of sp³-hybridized carbons (Fsp3) is 0.333. The van der Waals surface area contributed by atoms with Gasteiger partial charge in [-0.2, -0.15) is 8.42 Å². The van der Waals surface area contributed by atoms with Crippen LogP contribution in [0.4, 0.5) is 5.69 Å². The van der Waals surface area contributed by atoms with Crippen LogP contribution in [0.25, 0.3) is 0 Å². The summed E-state index contributed by atoms with van der Waals surface area (Å²) < 4.78 is 34.5. The summed E-state index contributed by atoms with van der Waals surface area (Å²) in [6.07, 6.45) is 0.229. The van der Waals surface area contributed by atoms with Gasteiger partial charge in [0.1, 0.15) is 5.75 Å². The van der Waals surface area contributed by atoms with Gasteiger partial charge in [-0.3, -0.25) is 4.55 Å². The zero-order valence-corrected chi connectivity index (χ0v) is 8.90. The predicted octanol–water partition coefficient (Wildman–Crippen LogP) is 0.277. The van der Waals surface area contributed by atoms with Crippen molar-refractivity contribution in [3.63, 3.8) is 0 Å². The summed E-state index contributed by atoms with van der Waals surface area (Å²) in [5.41, 5.74) is 6.10. The molecule has 1 aromatic rings. The molecule has 1 rings (SSSR count). The predicted molar refractivity (Wildman–Crippen MR) is 64.5 cm³/mol. The summed E-state index contributed by atoms with van der Waals surface area (Å²) in [6.45, 7) is 0.202. The van der Waals surface area contributed by atoms with Crippen molar-refractivity contribution in [2.75, 3.05) is 18.1 Å². The van der Waals surface area contributed by atoms with Crippen LogP contribution in [0.2, 0.25) is 0 Å². The molecule has 0 bridgehead atoms. The van der Waals surface area contributed by atoms with Gasteiger partial charge in [-0.1, -0.05) is 12.1 Å². The molecule has 0 aliphatic carbocycles. The summed E-state index contributed by atoms with van der Waals surface area (Å²) in [5.74, 6) is 0.215. The normalized spacial score (nSPS) is 10.6. The number of hydrogen-bond donors (Lipinski definition) is 2. The van der Waals surface area contributed by atoms with Crippen molar-refractivity contribution < 1.29 is 17.7 Å². The Morgan fingerprint density at radius 3 is 2.50 bits per heavy atom. The van der Waals surface area contributed by atoms with Gasteiger partial charge in [0.05, 0.1) is 18.0 Å². The maximum absolute atomic E-state index is 10.4. The first-order valence-electron chi connectivity index (χ1n) is 4.41. The fourth-order valence-corrected chi connectivity index (χ4v) is 1.52. The van der Waals surface area contributed by atoms with Crippen LogP contribution in [-0.2, 0) is 10.1 Å². The molecule has 7 heteroatoms. The van der Waals surface area contributed by atoms with Gasteiger partial charge in [0.2, 0.25) is 0 Å². The van der Waals surface area contributed by atoms with Crippen molar-refractivity contribution in [2.24, 2.45) is 0 Å². The Hall–Kier alpha value is -0.270. The van der Waals surface area contributed by atoms with Gasteiger partial charge in [-0.15, -0.1) is 0 Å². The van der Waals surface area contributed by atoms with E-state index in [4.69, 9.17) is 15.0 Å². The molecule has 0 aliphatic rings. The molecular formula is C9H14NNaO4S. The van der Waals surface area contributed by atoms with Crippen LogP contribution in [0, 0.1) is 0 Å². The average Bonchev–Trinajstić information content (AvgIpc) is 2.13. The average molecular weight is 255 g/mol. The molecule has 0 saturated heterocycles. The molecule has 86 valence electrons. The molecule has 0 amide bonds. The standard InChI is InChI=1S/C9H13NO4S.Na.H/c10-8-4-1-2-5-9(8)14-6-3-7-15(11,12)13;;/h1-2,4-5H,3,6-7,10H2,(H,11,12,13);;. The van der Waals surface area contributed by atoms with Gasteiger partial charge in [-0.25, -0.2) is 0 Å². The Kier molecular flexibility index (Phi) is 7.01. The van der Waals surface area contributed by atoms with Gasteiger partial charge in [0.15, 0.2) is 0 Å². The molecular weight excluding hydrogens is 241 g/mol. The first kappa shape index (κ1) is 15.7. The molecule has 1 aromatic carbocycles. The van der Waals surface area contributed by atoms with Crippen molar-refractivity contribution in [1.29, 1.82) is 0 Å².